The van der Waals surface area contributed by atoms with Gasteiger partial charge in [0.15, 0.2) is 5.66 Å². The Hall–Kier alpha value is -3.13. The zero-order valence-electron chi connectivity index (χ0n) is 15.5. The summed E-state index contributed by atoms with van der Waals surface area (Å²) in [6, 6.07) is 8.02. The summed E-state index contributed by atoms with van der Waals surface area (Å²) in [6.07, 6.45) is 10.4. The number of fused-ring (bicyclic) bond motifs is 1. The Kier molecular flexibility index (Phi) is 4.12. The molecule has 8 heteroatoms. The molecular formula is C20H23N7O. The highest BCUT2D eigenvalue weighted by molar-refractivity contribution is 5.83. The zero-order chi connectivity index (χ0) is 19.0. The van der Waals surface area contributed by atoms with Crippen molar-refractivity contribution in [3.8, 4) is 5.69 Å². The average Bonchev–Trinajstić information content (AvgIpc) is 3.33. The number of hydrogen-bond donors (Lipinski definition) is 4. The molecule has 4 heterocycles. The molecule has 2 aromatic rings. The van der Waals surface area contributed by atoms with Gasteiger partial charge in [0.05, 0.1) is 23.9 Å². The number of aromatic nitrogens is 2. The number of piperidine rings is 1. The van der Waals surface area contributed by atoms with Crippen LogP contribution in [0.15, 0.2) is 53.5 Å². The Labute approximate surface area is 163 Å². The van der Waals surface area contributed by atoms with Gasteiger partial charge < -0.3 is 21.3 Å². The molecule has 2 fully saturated rings. The van der Waals surface area contributed by atoms with Gasteiger partial charge in [0, 0.05) is 18.8 Å². The van der Waals surface area contributed by atoms with Crippen LogP contribution in [0.1, 0.15) is 29.9 Å². The van der Waals surface area contributed by atoms with E-state index < -0.39 is 5.66 Å². The van der Waals surface area contributed by atoms with Crippen LogP contribution in [0, 0.1) is 0 Å². The smallest absolute Gasteiger partial charge is 0.321 e. The molecule has 144 valence electrons. The van der Waals surface area contributed by atoms with Gasteiger partial charge in [-0.25, -0.2) is 14.5 Å². The van der Waals surface area contributed by atoms with Crippen molar-refractivity contribution in [2.45, 2.75) is 30.8 Å². The molecule has 3 aliphatic heterocycles. The topological polar surface area (TPSA) is 95.4 Å². The molecule has 0 radical (unpaired) electrons. The van der Waals surface area contributed by atoms with E-state index in [2.05, 4.69) is 61.8 Å². The standard InChI is InChI=1S/C20H23N7O/c28-19-25-18-11-22-13-23-20(18,26-19)9-14-1-3-17(4-2-14)27-12-16(10-24-27)15-5-7-21-8-6-15/h1-4,10-13,15,21H,5-9H2,(H,22,23)(H2,25,26,28). The number of urea groups is 1. The van der Waals surface area contributed by atoms with Crippen molar-refractivity contribution in [2.75, 3.05) is 13.1 Å². The second-order valence-corrected chi connectivity index (χ2v) is 7.51. The molecule has 28 heavy (non-hydrogen) atoms. The maximum atomic E-state index is 11.8. The number of rotatable bonds is 4. The van der Waals surface area contributed by atoms with E-state index >= 15 is 0 Å². The van der Waals surface area contributed by atoms with E-state index in [4.69, 9.17) is 0 Å². The van der Waals surface area contributed by atoms with Crippen LogP contribution in [0.4, 0.5) is 4.79 Å². The van der Waals surface area contributed by atoms with Gasteiger partial charge >= 0.3 is 6.03 Å². The lowest BCUT2D eigenvalue weighted by Gasteiger charge is -2.27. The number of carbonyl (C=O) groups is 1. The Bertz CT molecular complexity index is 940. The van der Waals surface area contributed by atoms with E-state index in [0.29, 0.717) is 12.3 Å². The zero-order valence-corrected chi connectivity index (χ0v) is 15.5. The first-order valence-electron chi connectivity index (χ1n) is 9.66. The number of nitrogens with zero attached hydrogens (tertiary/aromatic N) is 3. The number of amides is 2. The summed E-state index contributed by atoms with van der Waals surface area (Å²) < 4.78 is 1.94. The van der Waals surface area contributed by atoms with E-state index in [9.17, 15) is 4.79 Å². The predicted octanol–water partition coefficient (Wildman–Crippen LogP) is 1.36. The normalized spacial score (nSPS) is 24.1. The Morgan fingerprint density at radius 1 is 1.18 bits per heavy atom. The second-order valence-electron chi connectivity index (χ2n) is 7.51. The lowest BCUT2D eigenvalue weighted by atomic mass is 9.93. The molecule has 0 spiro atoms. The van der Waals surface area contributed by atoms with E-state index in [-0.39, 0.29) is 6.03 Å². The third-order valence-electron chi connectivity index (χ3n) is 5.68. The van der Waals surface area contributed by atoms with Gasteiger partial charge in [-0.05, 0) is 55.1 Å². The molecule has 2 saturated heterocycles. The van der Waals surface area contributed by atoms with Gasteiger partial charge in [0.2, 0.25) is 0 Å². The number of benzene rings is 1. The average molecular weight is 377 g/mol. The highest BCUT2D eigenvalue weighted by Gasteiger charge is 2.43. The largest absolute Gasteiger partial charge is 0.351 e. The first kappa shape index (κ1) is 17.0. The third kappa shape index (κ3) is 3.05. The molecule has 1 aromatic carbocycles. The van der Waals surface area contributed by atoms with Crippen molar-refractivity contribution in [1.29, 1.82) is 0 Å². The first-order chi connectivity index (χ1) is 13.7. The fraction of sp³-hybridized carbons (Fsp3) is 0.350. The molecule has 1 aromatic heterocycles. The van der Waals surface area contributed by atoms with Crippen LogP contribution in [0.5, 0.6) is 0 Å². The Morgan fingerprint density at radius 3 is 2.82 bits per heavy atom. The summed E-state index contributed by atoms with van der Waals surface area (Å²) in [5.74, 6) is 0.592. The monoisotopic (exact) mass is 377 g/mol. The van der Waals surface area contributed by atoms with E-state index in [1.165, 1.54) is 5.56 Å². The Balaban J connectivity index is 1.33. The van der Waals surface area contributed by atoms with Crippen molar-refractivity contribution < 1.29 is 4.79 Å². The molecule has 0 bridgehead atoms. The molecule has 8 nitrogen and oxygen atoms in total. The summed E-state index contributed by atoms with van der Waals surface area (Å²) in [7, 11) is 0. The van der Waals surface area contributed by atoms with Gasteiger partial charge in [-0.2, -0.15) is 5.10 Å². The first-order valence-corrected chi connectivity index (χ1v) is 9.66. The van der Waals surface area contributed by atoms with E-state index in [0.717, 1.165) is 42.9 Å². The number of hydrogen-bond acceptors (Lipinski definition) is 5. The highest BCUT2D eigenvalue weighted by Crippen LogP contribution is 2.28. The molecular weight excluding hydrogens is 354 g/mol. The quantitative estimate of drug-likeness (QED) is 0.647. The maximum absolute atomic E-state index is 11.8. The van der Waals surface area contributed by atoms with Crippen LogP contribution in [-0.4, -0.2) is 40.9 Å². The van der Waals surface area contributed by atoms with E-state index in [1.807, 2.05) is 10.9 Å². The highest BCUT2D eigenvalue weighted by atomic mass is 16.2. The fourth-order valence-corrected chi connectivity index (χ4v) is 4.13. The third-order valence-corrected chi connectivity index (χ3v) is 5.68. The van der Waals surface area contributed by atoms with Crippen LogP contribution >= 0.6 is 0 Å². The van der Waals surface area contributed by atoms with Crippen LogP contribution < -0.4 is 21.3 Å². The van der Waals surface area contributed by atoms with Crippen molar-refractivity contribution in [2.24, 2.45) is 4.99 Å². The summed E-state index contributed by atoms with van der Waals surface area (Å²) >= 11 is 0. The molecule has 0 aliphatic carbocycles. The molecule has 1 atom stereocenters. The molecule has 0 saturated carbocycles. The van der Waals surface area contributed by atoms with Crippen molar-refractivity contribution in [1.82, 2.24) is 31.0 Å². The van der Waals surface area contributed by atoms with Crippen molar-refractivity contribution >= 4 is 12.4 Å². The lowest BCUT2D eigenvalue weighted by Crippen LogP contribution is -2.45. The predicted molar refractivity (Wildman–Crippen MR) is 106 cm³/mol. The second kappa shape index (κ2) is 6.79. The van der Waals surface area contributed by atoms with Crippen molar-refractivity contribution in [3.05, 3.63) is 59.7 Å². The minimum absolute atomic E-state index is 0.231. The van der Waals surface area contributed by atoms with Crippen LogP contribution in [0.3, 0.4) is 0 Å². The minimum atomic E-state index is -0.752. The van der Waals surface area contributed by atoms with Gasteiger partial charge in [0.1, 0.15) is 0 Å². The molecule has 5 rings (SSSR count). The summed E-state index contributed by atoms with van der Waals surface area (Å²) in [4.78, 5) is 16.3. The van der Waals surface area contributed by atoms with Gasteiger partial charge in [0.25, 0.3) is 0 Å². The van der Waals surface area contributed by atoms with E-state index in [1.54, 1.807) is 12.5 Å². The minimum Gasteiger partial charge on any atom is -0.351 e. The fourth-order valence-electron chi connectivity index (χ4n) is 4.13. The maximum Gasteiger partial charge on any atom is 0.321 e. The summed E-state index contributed by atoms with van der Waals surface area (Å²) in [5, 5.41) is 16.6. The van der Waals surface area contributed by atoms with Crippen molar-refractivity contribution in [3.63, 3.8) is 0 Å². The van der Waals surface area contributed by atoms with Crippen LogP contribution in [-0.2, 0) is 6.42 Å². The molecule has 2 amide bonds. The number of carbonyl (C=O) groups excluding carboxylic acids is 1. The number of nitrogens with one attached hydrogen (secondary N) is 4. The van der Waals surface area contributed by atoms with Gasteiger partial charge in [-0.15, -0.1) is 0 Å². The van der Waals surface area contributed by atoms with Crippen LogP contribution in [0.2, 0.25) is 0 Å². The van der Waals surface area contributed by atoms with Gasteiger partial charge in [-0.3, -0.25) is 0 Å². The van der Waals surface area contributed by atoms with Crippen LogP contribution in [0.25, 0.3) is 5.69 Å². The molecule has 1 unspecified atom stereocenters. The lowest BCUT2D eigenvalue weighted by molar-refractivity contribution is 0.244. The SMILES string of the molecule is O=C1NC2=CNC=NC2(Cc2ccc(-n3cc(C4CCNCC4)cn3)cc2)N1. The van der Waals surface area contributed by atoms with Gasteiger partial charge in [-0.1, -0.05) is 12.1 Å². The number of aliphatic imine (C=N–C) groups is 1. The Morgan fingerprint density at radius 2 is 2.00 bits per heavy atom. The molecule has 4 N–H and O–H groups in total. The summed E-state index contributed by atoms with van der Waals surface area (Å²) in [5.41, 5.74) is 3.41. The summed E-state index contributed by atoms with van der Waals surface area (Å²) in [6.45, 7) is 2.15. The molecule has 3 aliphatic rings.